The van der Waals surface area contributed by atoms with Crippen molar-refractivity contribution in [2.75, 3.05) is 14.2 Å². The summed E-state index contributed by atoms with van der Waals surface area (Å²) in [5, 5.41) is 11.4. The Morgan fingerprint density at radius 3 is 2.51 bits per heavy atom. The third-order valence-electron chi connectivity index (χ3n) is 6.15. The van der Waals surface area contributed by atoms with Gasteiger partial charge in [-0.1, -0.05) is 32.0 Å². The third kappa shape index (κ3) is 4.62. The summed E-state index contributed by atoms with van der Waals surface area (Å²) in [7, 11) is 3.14. The van der Waals surface area contributed by atoms with Crippen LogP contribution in [0, 0.1) is 0 Å². The van der Waals surface area contributed by atoms with Crippen LogP contribution in [0.25, 0.3) is 5.76 Å². The minimum atomic E-state index is -0.796. The van der Waals surface area contributed by atoms with E-state index in [0.717, 1.165) is 11.1 Å². The molecule has 1 N–H and O–H groups in total. The number of ether oxygens (including phenoxy) is 2. The fraction of sp³-hybridized carbons (Fsp3) is 0.250. The van der Waals surface area contributed by atoms with Gasteiger partial charge in [-0.25, -0.2) is 0 Å². The number of benzene rings is 2. The van der Waals surface area contributed by atoms with Crippen LogP contribution < -0.4 is 9.47 Å². The zero-order chi connectivity index (χ0) is 25.1. The van der Waals surface area contributed by atoms with Gasteiger partial charge in [0.15, 0.2) is 0 Å². The molecule has 0 spiro atoms. The number of carbonyl (C=O) groups is 2. The predicted octanol–water partition coefficient (Wildman–Crippen LogP) is 4.84. The van der Waals surface area contributed by atoms with Crippen LogP contribution in [0.2, 0.25) is 0 Å². The second kappa shape index (κ2) is 10.0. The van der Waals surface area contributed by atoms with Crippen molar-refractivity contribution < 1.29 is 24.2 Å². The van der Waals surface area contributed by atoms with Crippen molar-refractivity contribution in [1.82, 2.24) is 9.88 Å². The van der Waals surface area contributed by atoms with Gasteiger partial charge in [0.2, 0.25) is 0 Å². The summed E-state index contributed by atoms with van der Waals surface area (Å²) in [6.07, 6.45) is 3.30. The van der Waals surface area contributed by atoms with Crippen LogP contribution >= 0.6 is 0 Å². The lowest BCUT2D eigenvalue weighted by molar-refractivity contribution is -0.140. The van der Waals surface area contributed by atoms with E-state index in [2.05, 4.69) is 4.98 Å². The van der Waals surface area contributed by atoms with Gasteiger partial charge >= 0.3 is 0 Å². The van der Waals surface area contributed by atoms with Crippen molar-refractivity contribution >= 4 is 17.4 Å². The number of nitrogens with zero attached hydrogens (tertiary/aromatic N) is 2. The van der Waals surface area contributed by atoms with Crippen molar-refractivity contribution in [2.45, 2.75) is 32.4 Å². The summed E-state index contributed by atoms with van der Waals surface area (Å²) in [6.45, 7) is 4.20. The Morgan fingerprint density at radius 1 is 1.06 bits per heavy atom. The van der Waals surface area contributed by atoms with E-state index < -0.39 is 17.7 Å². The van der Waals surface area contributed by atoms with Crippen LogP contribution in [-0.2, 0) is 16.1 Å². The molecular formula is C28H28N2O5. The number of ketones is 1. The minimum Gasteiger partial charge on any atom is -0.507 e. The van der Waals surface area contributed by atoms with Gasteiger partial charge in [-0.3, -0.25) is 14.6 Å². The number of aliphatic hydroxyl groups excluding tert-OH is 1. The van der Waals surface area contributed by atoms with Crippen molar-refractivity contribution in [3.8, 4) is 11.5 Å². The molecule has 4 rings (SSSR count). The highest BCUT2D eigenvalue weighted by Crippen LogP contribution is 2.41. The predicted molar refractivity (Wildman–Crippen MR) is 132 cm³/mol. The number of methoxy groups -OCH3 is 2. The highest BCUT2D eigenvalue weighted by atomic mass is 16.5. The Balaban J connectivity index is 1.89. The maximum Gasteiger partial charge on any atom is 0.295 e. The molecule has 1 aliphatic heterocycles. The summed E-state index contributed by atoms with van der Waals surface area (Å²) in [6, 6.07) is 15.2. The second-order valence-corrected chi connectivity index (χ2v) is 8.68. The van der Waals surface area contributed by atoms with Gasteiger partial charge in [0.25, 0.3) is 11.7 Å². The maximum atomic E-state index is 13.3. The molecule has 2 heterocycles. The number of carbonyl (C=O) groups excluding carboxylic acids is 2. The van der Waals surface area contributed by atoms with E-state index in [4.69, 9.17) is 9.47 Å². The molecule has 35 heavy (non-hydrogen) atoms. The lowest BCUT2D eigenvalue weighted by atomic mass is 9.93. The van der Waals surface area contributed by atoms with Crippen LogP contribution in [-0.4, -0.2) is 40.9 Å². The van der Waals surface area contributed by atoms with Crippen LogP contribution in [0.1, 0.15) is 48.1 Å². The molecule has 1 aliphatic rings. The normalized spacial score (nSPS) is 17.2. The van der Waals surface area contributed by atoms with E-state index in [1.807, 2.05) is 26.0 Å². The van der Waals surface area contributed by atoms with Gasteiger partial charge in [0.05, 0.1) is 25.8 Å². The first-order valence-electron chi connectivity index (χ1n) is 11.3. The number of aliphatic hydroxyl groups is 1. The highest BCUT2D eigenvalue weighted by molar-refractivity contribution is 6.46. The molecule has 1 amide bonds. The van der Waals surface area contributed by atoms with E-state index in [1.165, 1.54) is 4.90 Å². The lowest BCUT2D eigenvalue weighted by Crippen LogP contribution is -2.29. The largest absolute Gasteiger partial charge is 0.507 e. The zero-order valence-corrected chi connectivity index (χ0v) is 20.2. The number of likely N-dealkylation sites (tertiary alicyclic amines) is 1. The van der Waals surface area contributed by atoms with Crippen LogP contribution in [0.5, 0.6) is 11.5 Å². The molecule has 0 radical (unpaired) electrons. The van der Waals surface area contributed by atoms with Crippen molar-refractivity contribution in [3.05, 3.63) is 94.8 Å². The van der Waals surface area contributed by atoms with Gasteiger partial charge in [-0.05, 0) is 59.0 Å². The Bertz CT molecular complexity index is 1280. The molecule has 3 aromatic rings. The van der Waals surface area contributed by atoms with E-state index in [9.17, 15) is 14.7 Å². The van der Waals surface area contributed by atoms with E-state index in [1.54, 1.807) is 69.1 Å². The number of hydrogen-bond acceptors (Lipinski definition) is 6. The van der Waals surface area contributed by atoms with Crippen molar-refractivity contribution in [3.63, 3.8) is 0 Å². The summed E-state index contributed by atoms with van der Waals surface area (Å²) in [4.78, 5) is 32.1. The molecular weight excluding hydrogens is 444 g/mol. The molecule has 7 nitrogen and oxygen atoms in total. The Morgan fingerprint density at radius 2 is 1.86 bits per heavy atom. The number of rotatable bonds is 7. The average molecular weight is 473 g/mol. The standard InChI is InChI=1S/C28H28N2O5/c1-17(2)22-14-20(10-11-23(22)35-4)26(31)24-25(19-8-5-9-21(13-19)34-3)30(28(33)27(24)32)16-18-7-6-12-29-15-18/h5-15,17,25,31H,16H2,1-4H3/b26-24-. The van der Waals surface area contributed by atoms with Crippen LogP contribution in [0.4, 0.5) is 0 Å². The first-order chi connectivity index (χ1) is 16.8. The van der Waals surface area contributed by atoms with E-state index in [-0.39, 0.29) is 23.8 Å². The molecule has 1 aromatic heterocycles. The quantitative estimate of drug-likeness (QED) is 0.301. The molecule has 0 bridgehead atoms. The molecule has 180 valence electrons. The van der Waals surface area contributed by atoms with Gasteiger partial charge in [0, 0.05) is 24.5 Å². The smallest absolute Gasteiger partial charge is 0.295 e. The summed E-state index contributed by atoms with van der Waals surface area (Å²) >= 11 is 0. The fourth-order valence-electron chi connectivity index (χ4n) is 4.38. The monoisotopic (exact) mass is 472 g/mol. The third-order valence-corrected chi connectivity index (χ3v) is 6.15. The maximum absolute atomic E-state index is 13.3. The van der Waals surface area contributed by atoms with Crippen molar-refractivity contribution in [1.29, 1.82) is 0 Å². The van der Waals surface area contributed by atoms with Crippen molar-refractivity contribution in [2.24, 2.45) is 0 Å². The topological polar surface area (TPSA) is 89.0 Å². The number of amides is 1. The first kappa shape index (κ1) is 24.0. The Hall–Kier alpha value is -4.13. The molecule has 1 atom stereocenters. The minimum absolute atomic E-state index is 0.0343. The Kier molecular flexibility index (Phi) is 6.87. The molecule has 7 heteroatoms. The number of pyridine rings is 1. The average Bonchev–Trinajstić information content (AvgIpc) is 3.13. The summed E-state index contributed by atoms with van der Waals surface area (Å²) < 4.78 is 10.8. The second-order valence-electron chi connectivity index (χ2n) is 8.68. The number of aromatic nitrogens is 1. The number of Topliss-reactive ketones (excluding diaryl/α,β-unsaturated/α-hetero) is 1. The summed E-state index contributed by atoms with van der Waals surface area (Å²) in [5.74, 6) is -0.241. The molecule has 1 unspecified atom stereocenters. The van der Waals surface area contributed by atoms with Gasteiger partial charge in [-0.15, -0.1) is 0 Å². The first-order valence-corrected chi connectivity index (χ1v) is 11.3. The SMILES string of the molecule is COc1cccc(C2/C(=C(/O)c3ccc(OC)c(C(C)C)c3)C(=O)C(=O)N2Cc2cccnc2)c1. The highest BCUT2D eigenvalue weighted by Gasteiger charge is 2.46. The van der Waals surface area contributed by atoms with Crippen LogP contribution in [0.15, 0.2) is 72.6 Å². The van der Waals surface area contributed by atoms with Gasteiger partial charge < -0.3 is 19.5 Å². The number of hydrogen-bond donors (Lipinski definition) is 1. The van der Waals surface area contributed by atoms with Crippen LogP contribution in [0.3, 0.4) is 0 Å². The Labute approximate surface area is 204 Å². The van der Waals surface area contributed by atoms with Gasteiger partial charge in [0.1, 0.15) is 17.3 Å². The molecule has 2 aromatic carbocycles. The molecule has 1 saturated heterocycles. The van der Waals surface area contributed by atoms with Gasteiger partial charge in [-0.2, -0.15) is 0 Å². The summed E-state index contributed by atoms with van der Waals surface area (Å²) in [5.41, 5.74) is 2.80. The van der Waals surface area contributed by atoms with E-state index >= 15 is 0 Å². The fourth-order valence-corrected chi connectivity index (χ4v) is 4.38. The lowest BCUT2D eigenvalue weighted by Gasteiger charge is -2.25. The molecule has 1 fully saturated rings. The molecule has 0 saturated carbocycles. The molecule has 0 aliphatic carbocycles. The zero-order valence-electron chi connectivity index (χ0n) is 20.2. The van der Waals surface area contributed by atoms with E-state index in [0.29, 0.717) is 22.6 Å².